The fourth-order valence-corrected chi connectivity index (χ4v) is 0.910. The van der Waals surface area contributed by atoms with Crippen LogP contribution in [0.25, 0.3) is 0 Å². The smallest absolute Gasteiger partial charge is 0.328 e. The molecule has 0 spiro atoms. The van der Waals surface area contributed by atoms with Gasteiger partial charge in [0.1, 0.15) is 6.11 Å². The molecule has 0 aromatic carbocycles. The lowest BCUT2D eigenvalue weighted by molar-refractivity contribution is -0.107. The molecule has 11 heavy (non-hydrogen) atoms. The fourth-order valence-electron chi connectivity index (χ4n) is 0.303. The van der Waals surface area contributed by atoms with Crippen LogP contribution in [0.5, 0.6) is 0 Å². The summed E-state index contributed by atoms with van der Waals surface area (Å²) in [5.41, 5.74) is 0. The molecule has 3 nitrogen and oxygen atoms in total. The molecule has 0 aliphatic heterocycles. The van der Waals surface area contributed by atoms with Gasteiger partial charge in [0.25, 0.3) is 0 Å². The fraction of sp³-hybridized carbons (Fsp3) is 0.500. The first kappa shape index (κ1) is 10.1. The second-order valence-electron chi connectivity index (χ2n) is 1.52. The van der Waals surface area contributed by atoms with Crippen LogP contribution in [0.15, 0.2) is 0 Å². The van der Waals surface area contributed by atoms with Crippen molar-refractivity contribution >= 4 is 10.1 Å². The van der Waals surface area contributed by atoms with Crippen molar-refractivity contribution in [2.75, 3.05) is 5.75 Å². The second-order valence-corrected chi connectivity index (χ2v) is 3.09. The summed E-state index contributed by atoms with van der Waals surface area (Å²) >= 11 is 0. The predicted octanol–water partition coefficient (Wildman–Crippen LogP) is 0.486. The summed E-state index contributed by atoms with van der Waals surface area (Å²) in [4.78, 5) is 0. The van der Waals surface area contributed by atoms with Gasteiger partial charge in [0.2, 0.25) is 0 Å². The maximum Gasteiger partial charge on any atom is 0.406 e. The van der Waals surface area contributed by atoms with Gasteiger partial charge in [-0.1, -0.05) is 6.42 Å². The molecule has 0 unspecified atom stereocenters. The van der Waals surface area contributed by atoms with E-state index in [1.165, 1.54) is 0 Å². The van der Waals surface area contributed by atoms with Crippen LogP contribution in [-0.4, -0.2) is 20.3 Å². The minimum absolute atomic E-state index is 1.14. The third-order valence-corrected chi connectivity index (χ3v) is 1.55. The normalized spacial score (nSPS) is 12.2. The Kier molecular flexibility index (Phi) is 2.76. The minimum Gasteiger partial charge on any atom is -0.328 e. The molecule has 0 heterocycles. The Hall–Kier alpha value is -0.900. The van der Waals surface area contributed by atoms with E-state index >= 15 is 0 Å². The molecule has 0 amide bonds. The minimum atomic E-state index is -4.82. The topological polar surface area (TPSA) is 43.4 Å². The van der Waals surface area contributed by atoms with E-state index in [1.807, 2.05) is 0 Å². The van der Waals surface area contributed by atoms with Gasteiger partial charge in [-0.2, -0.15) is 21.6 Å². The number of hydrogen-bond acceptors (Lipinski definition) is 3. The van der Waals surface area contributed by atoms with Gasteiger partial charge in [-0.05, 0) is 0 Å². The van der Waals surface area contributed by atoms with E-state index in [4.69, 9.17) is 0 Å². The van der Waals surface area contributed by atoms with Crippen molar-refractivity contribution in [1.29, 1.82) is 0 Å². The summed E-state index contributed by atoms with van der Waals surface area (Å²) in [5, 5.41) is 0. The molecule has 64 valence electrons. The highest BCUT2D eigenvalue weighted by Gasteiger charge is 2.36. The molecule has 0 radical (unpaired) electrons. The van der Waals surface area contributed by atoms with Gasteiger partial charge in [-0.15, -0.1) is 0 Å². The average Bonchev–Trinajstić information content (AvgIpc) is 1.55. The standard InChI is InChI=1S/C4H3F3O3S/c1-2-10-11(8,9)3-4(5,6)7/h1H,3H2. The van der Waals surface area contributed by atoms with Crippen LogP contribution in [0, 0.1) is 12.5 Å². The molecular formula is C4H3F3O3S. The van der Waals surface area contributed by atoms with E-state index in [0.29, 0.717) is 0 Å². The highest BCUT2D eigenvalue weighted by atomic mass is 32.2. The molecular weight excluding hydrogens is 185 g/mol. The number of rotatable bonds is 2. The molecule has 0 fully saturated rings. The zero-order chi connectivity index (χ0) is 9.12. The van der Waals surface area contributed by atoms with Gasteiger partial charge >= 0.3 is 16.3 Å². The van der Waals surface area contributed by atoms with Gasteiger partial charge < -0.3 is 4.18 Å². The van der Waals surface area contributed by atoms with Crippen molar-refractivity contribution in [3.05, 3.63) is 0 Å². The Labute approximate surface area is 61.3 Å². The number of terminal acetylenes is 1. The number of hydrogen-bond donors (Lipinski definition) is 0. The van der Waals surface area contributed by atoms with Crippen molar-refractivity contribution in [3.8, 4) is 12.5 Å². The van der Waals surface area contributed by atoms with Gasteiger partial charge in [0.05, 0.1) is 0 Å². The van der Waals surface area contributed by atoms with Gasteiger partial charge in [0.15, 0.2) is 5.75 Å². The Bertz CT molecular complexity index is 257. The lowest BCUT2D eigenvalue weighted by Crippen LogP contribution is -2.23. The van der Waals surface area contributed by atoms with E-state index < -0.39 is 22.0 Å². The molecule has 0 bridgehead atoms. The zero-order valence-corrected chi connectivity index (χ0v) is 5.87. The lowest BCUT2D eigenvalue weighted by Gasteiger charge is -2.03. The van der Waals surface area contributed by atoms with E-state index in [-0.39, 0.29) is 0 Å². The first-order chi connectivity index (χ1) is 4.77. The zero-order valence-electron chi connectivity index (χ0n) is 5.05. The summed E-state index contributed by atoms with van der Waals surface area (Å²) in [7, 11) is -4.65. The third kappa shape index (κ3) is 5.54. The Morgan fingerprint density at radius 3 is 2.18 bits per heavy atom. The largest absolute Gasteiger partial charge is 0.406 e. The van der Waals surface area contributed by atoms with Crippen LogP contribution in [0.2, 0.25) is 0 Å². The molecule has 0 rings (SSSR count). The Morgan fingerprint density at radius 2 is 1.91 bits per heavy atom. The molecule has 0 aromatic rings. The van der Waals surface area contributed by atoms with Gasteiger partial charge in [-0.3, -0.25) is 0 Å². The monoisotopic (exact) mass is 188 g/mol. The van der Waals surface area contributed by atoms with Crippen LogP contribution in [-0.2, 0) is 14.3 Å². The van der Waals surface area contributed by atoms with Crippen LogP contribution < -0.4 is 0 Å². The van der Waals surface area contributed by atoms with Crippen LogP contribution in [0.3, 0.4) is 0 Å². The summed E-state index contributed by atoms with van der Waals surface area (Å²) < 4.78 is 57.7. The van der Waals surface area contributed by atoms with Crippen LogP contribution in [0.4, 0.5) is 13.2 Å². The van der Waals surface area contributed by atoms with Crippen molar-refractivity contribution in [2.45, 2.75) is 6.18 Å². The highest BCUT2D eigenvalue weighted by molar-refractivity contribution is 7.86. The summed E-state index contributed by atoms with van der Waals surface area (Å²) in [6.45, 7) is 0. The van der Waals surface area contributed by atoms with Crippen molar-refractivity contribution in [1.82, 2.24) is 0 Å². The maximum absolute atomic E-state index is 11.3. The molecule has 0 aromatic heterocycles. The van der Waals surface area contributed by atoms with Crippen molar-refractivity contribution in [2.24, 2.45) is 0 Å². The summed E-state index contributed by atoms with van der Waals surface area (Å²) in [5.74, 6) is -2.07. The van der Waals surface area contributed by atoms with Crippen molar-refractivity contribution in [3.63, 3.8) is 0 Å². The molecule has 0 saturated carbocycles. The molecule has 0 N–H and O–H groups in total. The van der Waals surface area contributed by atoms with E-state index in [9.17, 15) is 21.6 Å². The second kappa shape index (κ2) is 3.00. The average molecular weight is 188 g/mol. The Balaban J connectivity index is 4.30. The SMILES string of the molecule is C#COS(=O)(=O)CC(F)(F)F. The molecule has 0 atom stereocenters. The quantitative estimate of drug-likeness (QED) is 0.467. The molecule has 7 heteroatoms. The Morgan fingerprint density at radius 1 is 1.45 bits per heavy atom. The van der Waals surface area contributed by atoms with Crippen molar-refractivity contribution < 1.29 is 25.8 Å². The molecule has 0 saturated heterocycles. The predicted molar refractivity (Wildman–Crippen MR) is 29.8 cm³/mol. The summed E-state index contributed by atoms with van der Waals surface area (Å²) in [6.07, 6.45) is 0.634. The van der Waals surface area contributed by atoms with Gasteiger partial charge in [-0.25, -0.2) is 0 Å². The van der Waals surface area contributed by atoms with Gasteiger partial charge in [0, 0.05) is 0 Å². The van der Waals surface area contributed by atoms with Crippen LogP contribution >= 0.6 is 0 Å². The summed E-state index contributed by atoms with van der Waals surface area (Å²) in [6, 6.07) is 0. The molecule has 0 aliphatic rings. The van der Waals surface area contributed by atoms with Crippen LogP contribution in [0.1, 0.15) is 0 Å². The highest BCUT2D eigenvalue weighted by Crippen LogP contribution is 2.17. The maximum atomic E-state index is 11.3. The third-order valence-electron chi connectivity index (χ3n) is 0.516. The first-order valence-corrected chi connectivity index (χ1v) is 3.78. The van der Waals surface area contributed by atoms with E-state index in [1.54, 1.807) is 0 Å². The lowest BCUT2D eigenvalue weighted by atomic mass is 10.8. The number of halogens is 3. The van der Waals surface area contributed by atoms with E-state index in [0.717, 1.165) is 6.11 Å². The first-order valence-electron chi connectivity index (χ1n) is 2.20. The van der Waals surface area contributed by atoms with E-state index in [2.05, 4.69) is 10.6 Å². The number of alkyl halides is 3. The molecule has 0 aliphatic carbocycles.